The fourth-order valence-electron chi connectivity index (χ4n) is 3.84. The molecule has 172 valence electrons. The first-order valence-corrected chi connectivity index (χ1v) is 13.5. The van der Waals surface area contributed by atoms with Crippen LogP contribution in [0.2, 0.25) is 5.04 Å². The fourth-order valence-corrected chi connectivity index (χ4v) is 9.04. The van der Waals surface area contributed by atoms with E-state index in [0.29, 0.717) is 12.4 Å². The monoisotopic (exact) mass is 481 g/mol. The van der Waals surface area contributed by atoms with Gasteiger partial charge in [-0.1, -0.05) is 81.4 Å². The topological polar surface area (TPSA) is 78.7 Å². The summed E-state index contributed by atoms with van der Waals surface area (Å²) in [5.74, 6) is 0.696. The fraction of sp³-hybridized carbons (Fsp3) is 0.240. The van der Waals surface area contributed by atoms with Gasteiger partial charge in [0.25, 0.3) is 14.0 Å². The molecule has 0 atom stereocenters. The molecule has 8 heteroatoms. The lowest BCUT2D eigenvalue weighted by Gasteiger charge is -2.43. The van der Waals surface area contributed by atoms with Crippen molar-refractivity contribution in [2.24, 2.45) is 0 Å². The van der Waals surface area contributed by atoms with E-state index in [4.69, 9.17) is 9.16 Å². The highest BCUT2D eigenvalue weighted by atomic mass is 32.2. The second-order valence-corrected chi connectivity index (χ2v) is 13.8. The summed E-state index contributed by atoms with van der Waals surface area (Å²) in [4.78, 5) is 22.5. The summed E-state index contributed by atoms with van der Waals surface area (Å²) in [6, 6.07) is 26.1. The minimum absolute atomic E-state index is 0.0545. The number of hydrogen-bond acceptors (Lipinski definition) is 6. The van der Waals surface area contributed by atoms with Crippen LogP contribution in [0.25, 0.3) is 0 Å². The third kappa shape index (κ3) is 5.90. The van der Waals surface area contributed by atoms with E-state index < -0.39 is 18.5 Å². The van der Waals surface area contributed by atoms with E-state index in [-0.39, 0.29) is 16.5 Å². The Morgan fingerprint density at radius 3 is 1.88 bits per heavy atom. The lowest BCUT2D eigenvalue weighted by Crippen LogP contribution is -2.66. The van der Waals surface area contributed by atoms with E-state index in [1.54, 1.807) is 0 Å². The SMILES string of the molecule is CC(C)(C)[Si](OCCSC(=O)Oc1ccc([N+](=O)[O-])cc1)(c1ccccc1)c1ccccc1. The standard InChI is InChI=1S/C25H27NO5SSi/c1-25(2,3)33(22-10-6-4-7-11-22,23-12-8-5-9-13-23)30-18-19-32-24(27)31-21-16-14-20(15-17-21)26(28)29/h4-17H,18-19H2,1-3H3. The number of carbonyl (C=O) groups is 1. The Labute approximate surface area is 199 Å². The van der Waals surface area contributed by atoms with Crippen molar-refractivity contribution in [2.75, 3.05) is 12.4 Å². The summed E-state index contributed by atoms with van der Waals surface area (Å²) < 4.78 is 12.0. The molecule has 3 rings (SSSR count). The van der Waals surface area contributed by atoms with Gasteiger partial charge in [-0.05, 0) is 39.3 Å². The lowest BCUT2D eigenvalue weighted by molar-refractivity contribution is -0.384. The van der Waals surface area contributed by atoms with Crippen LogP contribution in [0.1, 0.15) is 20.8 Å². The van der Waals surface area contributed by atoms with Crippen LogP contribution in [0.3, 0.4) is 0 Å². The maximum absolute atomic E-state index is 12.3. The van der Waals surface area contributed by atoms with Gasteiger partial charge in [-0.3, -0.25) is 10.1 Å². The van der Waals surface area contributed by atoms with Crippen LogP contribution < -0.4 is 15.1 Å². The number of non-ortho nitro benzene ring substituents is 1. The molecule has 0 aliphatic carbocycles. The minimum atomic E-state index is -2.64. The summed E-state index contributed by atoms with van der Waals surface area (Å²) in [5.41, 5.74) is -0.0545. The van der Waals surface area contributed by atoms with Gasteiger partial charge in [-0.15, -0.1) is 0 Å². The molecule has 0 saturated carbocycles. The summed E-state index contributed by atoms with van der Waals surface area (Å²) in [5, 5.41) is 12.5. The van der Waals surface area contributed by atoms with E-state index >= 15 is 0 Å². The molecule has 0 radical (unpaired) electrons. The van der Waals surface area contributed by atoms with Gasteiger partial charge in [0.15, 0.2) is 0 Å². The number of thioether (sulfide) groups is 1. The van der Waals surface area contributed by atoms with E-state index in [0.717, 1.165) is 11.8 Å². The largest absolute Gasteiger partial charge is 0.418 e. The minimum Gasteiger partial charge on any atom is -0.418 e. The summed E-state index contributed by atoms with van der Waals surface area (Å²) >= 11 is 1.03. The van der Waals surface area contributed by atoms with Crippen molar-refractivity contribution in [2.45, 2.75) is 25.8 Å². The Balaban J connectivity index is 1.70. The molecule has 0 N–H and O–H groups in total. The molecular weight excluding hydrogens is 454 g/mol. The maximum Gasteiger partial charge on any atom is 0.372 e. The highest BCUT2D eigenvalue weighted by Crippen LogP contribution is 2.36. The molecule has 0 aliphatic rings. The van der Waals surface area contributed by atoms with Gasteiger partial charge in [0.05, 0.1) is 4.92 Å². The molecule has 6 nitrogen and oxygen atoms in total. The van der Waals surface area contributed by atoms with Crippen LogP contribution in [0.15, 0.2) is 84.9 Å². The van der Waals surface area contributed by atoms with Crippen LogP contribution in [-0.2, 0) is 4.43 Å². The van der Waals surface area contributed by atoms with Gasteiger partial charge >= 0.3 is 5.30 Å². The summed E-state index contributed by atoms with van der Waals surface area (Å²) in [6.07, 6.45) is 0. The van der Waals surface area contributed by atoms with Crippen molar-refractivity contribution in [3.8, 4) is 5.75 Å². The third-order valence-corrected chi connectivity index (χ3v) is 11.0. The van der Waals surface area contributed by atoms with Crippen molar-refractivity contribution in [3.63, 3.8) is 0 Å². The summed E-state index contributed by atoms with van der Waals surface area (Å²) in [7, 11) is -2.64. The first kappa shape index (κ1) is 24.7. The van der Waals surface area contributed by atoms with Gasteiger partial charge in [-0.2, -0.15) is 0 Å². The van der Waals surface area contributed by atoms with Crippen molar-refractivity contribution < 1.29 is 18.9 Å². The molecule has 3 aromatic rings. The van der Waals surface area contributed by atoms with Gasteiger partial charge in [-0.25, -0.2) is 4.79 Å². The Bertz CT molecular complexity index is 1030. The van der Waals surface area contributed by atoms with Crippen molar-refractivity contribution in [3.05, 3.63) is 95.0 Å². The Kier molecular flexibility index (Phi) is 8.07. The highest BCUT2D eigenvalue weighted by molar-refractivity contribution is 8.13. The van der Waals surface area contributed by atoms with Gasteiger partial charge < -0.3 is 9.16 Å². The van der Waals surface area contributed by atoms with Crippen LogP contribution in [0.4, 0.5) is 10.5 Å². The van der Waals surface area contributed by atoms with Crippen LogP contribution in [0.5, 0.6) is 5.75 Å². The van der Waals surface area contributed by atoms with Crippen molar-refractivity contribution >= 4 is 41.4 Å². The van der Waals surface area contributed by atoms with E-state index in [1.807, 2.05) is 36.4 Å². The highest BCUT2D eigenvalue weighted by Gasteiger charge is 2.49. The van der Waals surface area contributed by atoms with Crippen molar-refractivity contribution in [1.82, 2.24) is 0 Å². The molecule has 0 unspecified atom stereocenters. The number of carbonyl (C=O) groups excluding carboxylic acids is 1. The first-order valence-electron chi connectivity index (χ1n) is 10.6. The molecule has 0 spiro atoms. The number of hydrogen-bond donors (Lipinski definition) is 0. The molecule has 33 heavy (non-hydrogen) atoms. The van der Waals surface area contributed by atoms with E-state index in [2.05, 4.69) is 45.0 Å². The second kappa shape index (κ2) is 10.8. The van der Waals surface area contributed by atoms with Gasteiger partial charge in [0.2, 0.25) is 0 Å². The smallest absolute Gasteiger partial charge is 0.372 e. The van der Waals surface area contributed by atoms with Crippen LogP contribution in [-0.4, -0.2) is 30.9 Å². The lowest BCUT2D eigenvalue weighted by atomic mass is 10.2. The van der Waals surface area contributed by atoms with Gasteiger partial charge in [0, 0.05) is 24.5 Å². The first-order chi connectivity index (χ1) is 15.7. The van der Waals surface area contributed by atoms with E-state index in [1.165, 1.54) is 34.6 Å². The molecule has 0 aliphatic heterocycles. The van der Waals surface area contributed by atoms with E-state index in [9.17, 15) is 14.9 Å². The Morgan fingerprint density at radius 1 is 0.909 bits per heavy atom. The summed E-state index contributed by atoms with van der Waals surface area (Å²) in [6.45, 7) is 6.99. The third-order valence-electron chi connectivity index (χ3n) is 5.29. The molecular formula is C25H27NO5SSi. The zero-order chi connectivity index (χ0) is 23.9. The number of nitro benzene ring substituents is 1. The maximum atomic E-state index is 12.3. The number of nitrogens with zero attached hydrogens (tertiary/aromatic N) is 1. The molecule has 3 aromatic carbocycles. The van der Waals surface area contributed by atoms with Crippen molar-refractivity contribution in [1.29, 1.82) is 0 Å². The number of rotatable bonds is 8. The molecule has 0 heterocycles. The Hall–Kier alpha value is -2.94. The molecule has 0 bridgehead atoms. The predicted molar refractivity (Wildman–Crippen MR) is 135 cm³/mol. The zero-order valence-corrected chi connectivity index (χ0v) is 20.7. The number of nitro groups is 1. The average molecular weight is 482 g/mol. The van der Waals surface area contributed by atoms with Crippen LogP contribution in [0, 0.1) is 10.1 Å². The number of benzene rings is 3. The zero-order valence-electron chi connectivity index (χ0n) is 18.9. The molecule has 0 amide bonds. The van der Waals surface area contributed by atoms with Gasteiger partial charge in [0.1, 0.15) is 5.75 Å². The normalized spacial score (nSPS) is 11.7. The molecule has 0 saturated heterocycles. The molecule has 0 fully saturated rings. The second-order valence-electron chi connectivity index (χ2n) is 8.46. The van der Waals surface area contributed by atoms with Crippen LogP contribution >= 0.6 is 11.8 Å². The number of ether oxygens (including phenoxy) is 1. The predicted octanol–water partition coefficient (Wildman–Crippen LogP) is 5.40. The Morgan fingerprint density at radius 2 is 1.42 bits per heavy atom. The molecule has 0 aromatic heterocycles. The quantitative estimate of drug-likeness (QED) is 0.141. The average Bonchev–Trinajstić information content (AvgIpc) is 2.80.